The van der Waals surface area contributed by atoms with E-state index in [-0.39, 0.29) is 12.2 Å². The Hall–Kier alpha value is -5.23. The fourth-order valence-electron chi connectivity index (χ4n) is 4.55. The van der Waals surface area contributed by atoms with Crippen molar-refractivity contribution >= 4 is 18.2 Å². The number of urea groups is 1. The molecule has 3 aromatic carbocycles. The van der Waals surface area contributed by atoms with Gasteiger partial charge < -0.3 is 39.4 Å². The van der Waals surface area contributed by atoms with Gasteiger partial charge in [0.1, 0.15) is 13.2 Å². The number of hydrogen-bond donors (Lipinski definition) is 4. The van der Waals surface area contributed by atoms with Gasteiger partial charge in [-0.15, -0.1) is 0 Å². The van der Waals surface area contributed by atoms with Crippen LogP contribution in [0.1, 0.15) is 42.1 Å². The van der Waals surface area contributed by atoms with Gasteiger partial charge in [-0.2, -0.15) is 5.10 Å². The number of allylic oxidation sites excluding steroid dienone is 1. The topological polar surface area (TPSA) is 149 Å². The van der Waals surface area contributed by atoms with Gasteiger partial charge >= 0.3 is 12.0 Å². The summed E-state index contributed by atoms with van der Waals surface area (Å²) in [4.78, 5) is 24.6. The van der Waals surface area contributed by atoms with E-state index in [1.165, 1.54) is 18.9 Å². The molecule has 45 heavy (non-hydrogen) atoms. The number of hydrogen-bond acceptors (Lipinski definition) is 10. The van der Waals surface area contributed by atoms with E-state index < -0.39 is 24.3 Å². The number of aliphatic hydroxyl groups excluding tert-OH is 1. The van der Waals surface area contributed by atoms with Crippen LogP contribution in [0.25, 0.3) is 0 Å². The molecule has 238 valence electrons. The highest BCUT2D eigenvalue weighted by Gasteiger charge is 2.32. The number of aliphatic hydroxyl groups is 1. The zero-order valence-corrected chi connectivity index (χ0v) is 25.9. The molecule has 12 heteroatoms. The first-order valence-corrected chi connectivity index (χ1v) is 14.3. The van der Waals surface area contributed by atoms with Crippen molar-refractivity contribution in [2.75, 3.05) is 27.4 Å². The lowest BCUT2D eigenvalue weighted by molar-refractivity contribution is -0.136. The quantitative estimate of drug-likeness (QED) is 0.0907. The number of carbonyl (C=O) groups excluding carboxylic acids is 2. The van der Waals surface area contributed by atoms with Crippen LogP contribution in [0.2, 0.25) is 0 Å². The first kappa shape index (κ1) is 32.7. The van der Waals surface area contributed by atoms with Crippen molar-refractivity contribution in [2.24, 2.45) is 5.10 Å². The zero-order chi connectivity index (χ0) is 32.3. The lowest BCUT2D eigenvalue weighted by Crippen LogP contribution is -2.45. The fourth-order valence-corrected chi connectivity index (χ4v) is 4.55. The standard InChI is InChI=1S/C33H38N4O8/c1-6-43-28-16-24(31-30(32(39)42-5)21(3)35-33(40)36-31)12-14-26(28)45-19-29(38)37-34-17-23-11-13-25(27(15-23)41-4)44-18-22-9-7-20(2)8-10-22/h7-17,29,31,37-38H,6,18-19H2,1-5H3,(H2,35,36,40)/b34-17-/t29-,31-/m1/s1. The first-order chi connectivity index (χ1) is 21.7. The molecule has 4 N–H and O–H groups in total. The molecule has 1 aliphatic rings. The van der Waals surface area contributed by atoms with E-state index in [0.717, 1.165) is 11.1 Å². The Bertz CT molecular complexity index is 1550. The van der Waals surface area contributed by atoms with Crippen molar-refractivity contribution in [3.8, 4) is 23.0 Å². The van der Waals surface area contributed by atoms with Gasteiger partial charge in [0, 0.05) is 5.70 Å². The third-order valence-corrected chi connectivity index (χ3v) is 6.81. The fraction of sp³-hybridized carbons (Fsp3) is 0.303. The second-order valence-electron chi connectivity index (χ2n) is 10.1. The summed E-state index contributed by atoms with van der Waals surface area (Å²) >= 11 is 0. The average Bonchev–Trinajstić information content (AvgIpc) is 3.03. The second-order valence-corrected chi connectivity index (χ2v) is 10.1. The van der Waals surface area contributed by atoms with E-state index in [1.807, 2.05) is 44.2 Å². The molecule has 0 saturated carbocycles. The minimum Gasteiger partial charge on any atom is -0.493 e. The molecule has 0 aliphatic carbocycles. The first-order valence-electron chi connectivity index (χ1n) is 14.3. The van der Waals surface area contributed by atoms with Gasteiger partial charge in [-0.05, 0) is 67.8 Å². The van der Waals surface area contributed by atoms with Crippen molar-refractivity contribution in [3.63, 3.8) is 0 Å². The maximum Gasteiger partial charge on any atom is 0.337 e. The van der Waals surface area contributed by atoms with Crippen LogP contribution in [-0.4, -0.2) is 57.0 Å². The van der Waals surface area contributed by atoms with Gasteiger partial charge in [-0.1, -0.05) is 35.9 Å². The summed E-state index contributed by atoms with van der Waals surface area (Å²) in [5, 5.41) is 19.9. The summed E-state index contributed by atoms with van der Waals surface area (Å²) in [6, 6.07) is 17.3. The number of aryl methyl sites for hydroxylation is 1. The summed E-state index contributed by atoms with van der Waals surface area (Å²) in [7, 11) is 2.84. The Labute approximate surface area is 262 Å². The molecule has 0 bridgehead atoms. The molecule has 3 aromatic rings. The highest BCUT2D eigenvalue weighted by molar-refractivity contribution is 5.95. The molecule has 2 amide bonds. The minimum atomic E-state index is -1.14. The van der Waals surface area contributed by atoms with Crippen LogP contribution >= 0.6 is 0 Å². The Kier molecular flexibility index (Phi) is 11.2. The smallest absolute Gasteiger partial charge is 0.337 e. The number of methoxy groups -OCH3 is 2. The normalized spacial score (nSPS) is 15.2. The van der Waals surface area contributed by atoms with Crippen LogP contribution < -0.4 is 35.0 Å². The van der Waals surface area contributed by atoms with E-state index in [9.17, 15) is 14.7 Å². The number of nitrogens with one attached hydrogen (secondary N) is 3. The van der Waals surface area contributed by atoms with Gasteiger partial charge in [-0.3, -0.25) is 5.43 Å². The van der Waals surface area contributed by atoms with Gasteiger partial charge in [0.15, 0.2) is 29.2 Å². The van der Waals surface area contributed by atoms with Crippen LogP contribution in [-0.2, 0) is 16.1 Å². The molecule has 0 spiro atoms. The van der Waals surface area contributed by atoms with Crippen LogP contribution in [0, 0.1) is 6.92 Å². The van der Waals surface area contributed by atoms with Gasteiger partial charge in [0.05, 0.1) is 38.7 Å². The summed E-state index contributed by atoms with van der Waals surface area (Å²) in [6.07, 6.45) is 0.395. The molecule has 0 fully saturated rings. The van der Waals surface area contributed by atoms with E-state index in [4.69, 9.17) is 23.7 Å². The van der Waals surface area contributed by atoms with Crippen molar-refractivity contribution in [1.29, 1.82) is 0 Å². The molecule has 0 aromatic heterocycles. The van der Waals surface area contributed by atoms with Crippen LogP contribution in [0.4, 0.5) is 4.79 Å². The number of carbonyl (C=O) groups is 2. The number of nitrogens with zero attached hydrogens (tertiary/aromatic N) is 1. The largest absolute Gasteiger partial charge is 0.493 e. The lowest BCUT2D eigenvalue weighted by Gasteiger charge is -2.28. The maximum atomic E-state index is 12.4. The summed E-state index contributed by atoms with van der Waals surface area (Å²) in [6.45, 7) is 6.07. The van der Waals surface area contributed by atoms with Gasteiger partial charge in [0.2, 0.25) is 0 Å². The molecular formula is C33H38N4O8. The number of ether oxygens (including phenoxy) is 5. The number of amides is 2. The summed E-state index contributed by atoms with van der Waals surface area (Å²) in [5.74, 6) is 1.31. The van der Waals surface area contributed by atoms with E-state index in [0.29, 0.717) is 47.5 Å². The van der Waals surface area contributed by atoms with Crippen molar-refractivity contribution in [2.45, 2.75) is 39.6 Å². The zero-order valence-electron chi connectivity index (χ0n) is 25.9. The summed E-state index contributed by atoms with van der Waals surface area (Å²) < 4.78 is 27.9. The monoisotopic (exact) mass is 618 g/mol. The van der Waals surface area contributed by atoms with E-state index in [1.54, 1.807) is 44.4 Å². The minimum absolute atomic E-state index is 0.150. The van der Waals surface area contributed by atoms with Crippen LogP contribution in [0.5, 0.6) is 23.0 Å². The maximum absolute atomic E-state index is 12.4. The van der Waals surface area contributed by atoms with Crippen molar-refractivity contribution in [1.82, 2.24) is 16.1 Å². The number of hydrazone groups is 1. The highest BCUT2D eigenvalue weighted by atomic mass is 16.5. The third kappa shape index (κ3) is 8.67. The molecule has 1 aliphatic heterocycles. The van der Waals surface area contributed by atoms with Gasteiger partial charge in [-0.25, -0.2) is 9.59 Å². The number of rotatable bonds is 14. The van der Waals surface area contributed by atoms with E-state index >= 15 is 0 Å². The Morgan fingerprint density at radius 3 is 2.42 bits per heavy atom. The molecular weight excluding hydrogens is 580 g/mol. The predicted molar refractivity (Wildman–Crippen MR) is 167 cm³/mol. The lowest BCUT2D eigenvalue weighted by atomic mass is 9.95. The highest BCUT2D eigenvalue weighted by Crippen LogP contribution is 2.35. The molecule has 2 atom stereocenters. The predicted octanol–water partition coefficient (Wildman–Crippen LogP) is 4.10. The molecule has 4 rings (SSSR count). The molecule has 0 radical (unpaired) electrons. The average molecular weight is 619 g/mol. The van der Waals surface area contributed by atoms with Crippen LogP contribution in [0.3, 0.4) is 0 Å². The Morgan fingerprint density at radius 1 is 0.978 bits per heavy atom. The molecule has 1 heterocycles. The number of esters is 1. The molecule has 0 saturated heterocycles. The molecule has 0 unspecified atom stereocenters. The Balaban J connectivity index is 1.36. The van der Waals surface area contributed by atoms with E-state index in [2.05, 4.69) is 21.2 Å². The number of benzene rings is 3. The van der Waals surface area contributed by atoms with Crippen LogP contribution in [0.15, 0.2) is 77.0 Å². The van der Waals surface area contributed by atoms with Crippen molar-refractivity contribution in [3.05, 3.63) is 94.2 Å². The third-order valence-electron chi connectivity index (χ3n) is 6.81. The Morgan fingerprint density at radius 2 is 1.71 bits per heavy atom. The molecule has 12 nitrogen and oxygen atoms in total. The summed E-state index contributed by atoms with van der Waals surface area (Å²) in [5.41, 5.74) is 6.84. The second kappa shape index (κ2) is 15.5. The SMILES string of the molecule is CCOc1cc([C@H]2NC(=O)NC(C)=C2C(=O)OC)ccc1OC[C@@H](O)N/N=C\c1ccc(OCc2ccc(C)cc2)c(OC)c1. The van der Waals surface area contributed by atoms with Crippen molar-refractivity contribution < 1.29 is 38.4 Å². The van der Waals surface area contributed by atoms with Gasteiger partial charge in [0.25, 0.3) is 0 Å².